The number of methoxy groups -OCH3 is 2. The zero-order chi connectivity index (χ0) is 21.3. The van der Waals surface area contributed by atoms with E-state index in [1.165, 1.54) is 22.3 Å². The quantitative estimate of drug-likeness (QED) is 0.375. The van der Waals surface area contributed by atoms with Crippen LogP contribution in [0.3, 0.4) is 0 Å². The van der Waals surface area contributed by atoms with Gasteiger partial charge in [-0.25, -0.2) is 19.5 Å². The second-order valence-corrected chi connectivity index (χ2v) is 7.64. The van der Waals surface area contributed by atoms with Crippen LogP contribution in [-0.4, -0.2) is 38.8 Å². The van der Waals surface area contributed by atoms with Gasteiger partial charge in [0.05, 0.1) is 19.9 Å². The molecule has 154 valence electrons. The number of aryl methyl sites for hydroxylation is 2. The lowest BCUT2D eigenvalue weighted by atomic mass is 10.1. The molecular weight excluding hydrogens is 402 g/mol. The minimum atomic E-state index is -0.171. The van der Waals surface area contributed by atoms with Gasteiger partial charge in [0.25, 0.3) is 5.56 Å². The maximum atomic E-state index is 12.7. The van der Waals surface area contributed by atoms with Crippen LogP contribution in [0.4, 0.5) is 0 Å². The molecule has 0 amide bonds. The predicted octanol–water partition coefficient (Wildman–Crippen LogP) is 3.41. The van der Waals surface area contributed by atoms with Crippen LogP contribution < -0.4 is 15.0 Å². The van der Waals surface area contributed by atoms with E-state index in [0.717, 1.165) is 22.5 Å². The Balaban J connectivity index is 1.76. The van der Waals surface area contributed by atoms with E-state index in [4.69, 9.17) is 14.5 Å². The van der Waals surface area contributed by atoms with Gasteiger partial charge in [-0.15, -0.1) is 0 Å². The fraction of sp³-hybridized carbons (Fsp3) is 0.238. The molecule has 4 aromatic rings. The predicted molar refractivity (Wildman–Crippen MR) is 115 cm³/mol. The average molecular weight is 423 g/mol. The molecule has 1 aromatic carbocycles. The smallest absolute Gasteiger partial charge is 0.272 e. The molecule has 0 aliphatic rings. The molecule has 0 fully saturated rings. The Hall–Kier alpha value is -3.33. The van der Waals surface area contributed by atoms with Crippen LogP contribution in [0.15, 0.2) is 46.5 Å². The third-order valence-electron chi connectivity index (χ3n) is 4.64. The topological polar surface area (TPSA) is 94.4 Å². The van der Waals surface area contributed by atoms with E-state index in [1.54, 1.807) is 20.4 Å². The van der Waals surface area contributed by atoms with E-state index < -0.39 is 0 Å². The summed E-state index contributed by atoms with van der Waals surface area (Å²) in [6.45, 7) is 3.83. The largest absolute Gasteiger partial charge is 0.493 e. The zero-order valence-electron chi connectivity index (χ0n) is 17.1. The van der Waals surface area contributed by atoms with Gasteiger partial charge < -0.3 is 9.47 Å². The van der Waals surface area contributed by atoms with Gasteiger partial charge in [-0.1, -0.05) is 17.8 Å². The monoisotopic (exact) mass is 423 g/mol. The fourth-order valence-electron chi connectivity index (χ4n) is 3.24. The number of hydrogen-bond donors (Lipinski definition) is 1. The first-order valence-corrected chi connectivity index (χ1v) is 10.2. The normalized spacial score (nSPS) is 11.1. The highest BCUT2D eigenvalue weighted by molar-refractivity contribution is 7.98. The van der Waals surface area contributed by atoms with Crippen molar-refractivity contribution in [3.05, 3.63) is 64.0 Å². The molecule has 0 aliphatic heterocycles. The van der Waals surface area contributed by atoms with E-state index in [-0.39, 0.29) is 5.56 Å². The van der Waals surface area contributed by atoms with Gasteiger partial charge >= 0.3 is 0 Å². The zero-order valence-corrected chi connectivity index (χ0v) is 17.9. The third kappa shape index (κ3) is 3.76. The SMILES string of the molecule is COc1ccc(-c2c(C)[nH]n3c(=O)cc(CSc4nccc(C)n4)nc23)cc1OC. The van der Waals surface area contributed by atoms with Crippen molar-refractivity contribution in [3.63, 3.8) is 0 Å². The number of hydrogen-bond acceptors (Lipinski definition) is 7. The summed E-state index contributed by atoms with van der Waals surface area (Å²) in [7, 11) is 3.19. The molecule has 30 heavy (non-hydrogen) atoms. The summed E-state index contributed by atoms with van der Waals surface area (Å²) >= 11 is 1.44. The number of H-pyrrole nitrogens is 1. The molecule has 0 atom stereocenters. The van der Waals surface area contributed by atoms with E-state index in [0.29, 0.717) is 33.7 Å². The highest BCUT2D eigenvalue weighted by atomic mass is 32.2. The van der Waals surface area contributed by atoms with Crippen molar-refractivity contribution in [3.8, 4) is 22.6 Å². The minimum Gasteiger partial charge on any atom is -0.493 e. The van der Waals surface area contributed by atoms with Gasteiger partial charge in [0.1, 0.15) is 0 Å². The van der Waals surface area contributed by atoms with Crippen molar-refractivity contribution < 1.29 is 9.47 Å². The summed E-state index contributed by atoms with van der Waals surface area (Å²) in [6, 6.07) is 9.02. The average Bonchev–Trinajstić information content (AvgIpc) is 3.08. The first-order valence-electron chi connectivity index (χ1n) is 9.26. The molecule has 0 saturated heterocycles. The first kappa shape index (κ1) is 20.0. The Morgan fingerprint density at radius 3 is 2.60 bits per heavy atom. The molecule has 0 saturated carbocycles. The molecule has 3 heterocycles. The van der Waals surface area contributed by atoms with Crippen LogP contribution in [0.1, 0.15) is 17.1 Å². The van der Waals surface area contributed by atoms with Gasteiger partial charge in [0.2, 0.25) is 0 Å². The Labute approximate surface area is 177 Å². The van der Waals surface area contributed by atoms with Crippen LogP contribution in [-0.2, 0) is 5.75 Å². The molecule has 0 spiro atoms. The maximum Gasteiger partial charge on any atom is 0.272 e. The Kier molecular flexibility index (Phi) is 5.45. The second-order valence-electron chi connectivity index (χ2n) is 6.70. The molecular formula is C21H21N5O3S. The molecule has 3 aromatic heterocycles. The van der Waals surface area contributed by atoms with Crippen LogP contribution in [0.2, 0.25) is 0 Å². The molecule has 1 N–H and O–H groups in total. The van der Waals surface area contributed by atoms with Crippen molar-refractivity contribution in [2.24, 2.45) is 0 Å². The van der Waals surface area contributed by atoms with E-state index in [2.05, 4.69) is 15.1 Å². The summed E-state index contributed by atoms with van der Waals surface area (Å²) in [6.07, 6.45) is 1.72. The number of rotatable bonds is 6. The lowest BCUT2D eigenvalue weighted by Crippen LogP contribution is -2.15. The Morgan fingerprint density at radius 2 is 1.87 bits per heavy atom. The minimum absolute atomic E-state index is 0.171. The van der Waals surface area contributed by atoms with Crippen LogP contribution in [0.5, 0.6) is 11.5 Å². The maximum absolute atomic E-state index is 12.7. The third-order valence-corrected chi connectivity index (χ3v) is 5.54. The van der Waals surface area contributed by atoms with Crippen molar-refractivity contribution in [1.29, 1.82) is 0 Å². The first-order chi connectivity index (χ1) is 14.5. The van der Waals surface area contributed by atoms with E-state index >= 15 is 0 Å². The number of ether oxygens (including phenoxy) is 2. The number of nitrogens with zero attached hydrogens (tertiary/aromatic N) is 4. The molecule has 4 rings (SSSR count). The lowest BCUT2D eigenvalue weighted by molar-refractivity contribution is 0.355. The molecule has 8 nitrogen and oxygen atoms in total. The van der Waals surface area contributed by atoms with Gasteiger partial charge in [-0.2, -0.15) is 0 Å². The van der Waals surface area contributed by atoms with Gasteiger partial charge in [0, 0.05) is 35.0 Å². The molecule has 0 radical (unpaired) electrons. The van der Waals surface area contributed by atoms with Crippen LogP contribution >= 0.6 is 11.8 Å². The summed E-state index contributed by atoms with van der Waals surface area (Å²) in [5.41, 5.74) is 4.50. The van der Waals surface area contributed by atoms with Crippen molar-refractivity contribution >= 4 is 17.4 Å². The molecule has 9 heteroatoms. The highest BCUT2D eigenvalue weighted by Gasteiger charge is 2.17. The van der Waals surface area contributed by atoms with E-state index in [1.807, 2.05) is 38.1 Å². The molecule has 0 aliphatic carbocycles. The number of fused-ring (bicyclic) bond motifs is 1. The number of aromatic amines is 1. The van der Waals surface area contributed by atoms with Crippen molar-refractivity contribution in [2.75, 3.05) is 14.2 Å². The lowest BCUT2D eigenvalue weighted by Gasteiger charge is -2.09. The van der Waals surface area contributed by atoms with Crippen LogP contribution in [0.25, 0.3) is 16.8 Å². The molecule has 0 unspecified atom stereocenters. The fourth-order valence-corrected chi connectivity index (χ4v) is 4.01. The number of thioether (sulfide) groups is 1. The number of nitrogens with one attached hydrogen (secondary N) is 1. The molecule has 0 bridgehead atoms. The van der Waals surface area contributed by atoms with Crippen LogP contribution in [0, 0.1) is 13.8 Å². The Bertz CT molecular complexity index is 1280. The van der Waals surface area contributed by atoms with E-state index in [9.17, 15) is 4.79 Å². The van der Waals surface area contributed by atoms with Gasteiger partial charge in [-0.05, 0) is 37.6 Å². The van der Waals surface area contributed by atoms with Gasteiger partial charge in [-0.3, -0.25) is 9.89 Å². The summed E-state index contributed by atoms with van der Waals surface area (Å²) in [5.74, 6) is 1.74. The summed E-state index contributed by atoms with van der Waals surface area (Å²) in [4.78, 5) is 26.1. The second kappa shape index (κ2) is 8.19. The van der Waals surface area contributed by atoms with Gasteiger partial charge in [0.15, 0.2) is 22.3 Å². The van der Waals surface area contributed by atoms with Crippen molar-refractivity contribution in [1.82, 2.24) is 24.6 Å². The van der Waals surface area contributed by atoms with Crippen molar-refractivity contribution in [2.45, 2.75) is 24.8 Å². The highest BCUT2D eigenvalue weighted by Crippen LogP contribution is 2.35. The standard InChI is InChI=1S/C21H21N5O3S/c1-12-7-8-22-21(23-12)30-11-15-10-18(27)26-20(24-15)19(13(2)25-26)14-5-6-16(28-3)17(9-14)29-4/h5-10,25H,11H2,1-4H3. The Morgan fingerprint density at radius 1 is 1.07 bits per heavy atom. The summed E-state index contributed by atoms with van der Waals surface area (Å²) < 4.78 is 12.2. The number of aromatic nitrogens is 5. The summed E-state index contributed by atoms with van der Waals surface area (Å²) in [5, 5.41) is 3.76. The number of benzene rings is 1.